The Hall–Kier alpha value is -0.610. The van der Waals surface area contributed by atoms with Gasteiger partial charge in [-0.3, -0.25) is 4.79 Å². The van der Waals surface area contributed by atoms with Gasteiger partial charge >= 0.3 is 5.97 Å². The Bertz CT molecular complexity index is 172. The van der Waals surface area contributed by atoms with Crippen LogP contribution in [-0.4, -0.2) is 42.2 Å². The van der Waals surface area contributed by atoms with Crippen LogP contribution in [0, 0.1) is 5.92 Å². The Balaban J connectivity index is 2.27. The smallest absolute Gasteiger partial charge is 0.320 e. The summed E-state index contributed by atoms with van der Waals surface area (Å²) in [6.45, 7) is 2.05. The van der Waals surface area contributed by atoms with Gasteiger partial charge in [0.1, 0.15) is 6.04 Å². The van der Waals surface area contributed by atoms with Crippen molar-refractivity contribution in [1.29, 1.82) is 0 Å². The molecule has 0 aromatic heterocycles. The second kappa shape index (κ2) is 3.87. The molecule has 0 aliphatic carbocycles. The standard InChI is InChI=1S/C8H16N2O2/c1-10-3-2-6(5-10)4-7(9)8(11)12/h6-7H,2-5,9H2,1H3,(H,11,12)/t6?,7-/m0/s1. The highest BCUT2D eigenvalue weighted by molar-refractivity contribution is 5.73. The van der Waals surface area contributed by atoms with Gasteiger partial charge in [-0.15, -0.1) is 0 Å². The van der Waals surface area contributed by atoms with Crippen LogP contribution in [-0.2, 0) is 4.79 Å². The van der Waals surface area contributed by atoms with Crippen LogP contribution in [0.1, 0.15) is 12.8 Å². The quantitative estimate of drug-likeness (QED) is 0.615. The highest BCUT2D eigenvalue weighted by Crippen LogP contribution is 2.18. The summed E-state index contributed by atoms with van der Waals surface area (Å²) >= 11 is 0. The average Bonchev–Trinajstić information content (AvgIpc) is 2.35. The zero-order valence-corrected chi connectivity index (χ0v) is 7.36. The molecule has 4 nitrogen and oxygen atoms in total. The molecule has 3 N–H and O–H groups in total. The minimum absolute atomic E-state index is 0.473. The van der Waals surface area contributed by atoms with Crippen molar-refractivity contribution in [3.63, 3.8) is 0 Å². The van der Waals surface area contributed by atoms with Gasteiger partial charge in [0.2, 0.25) is 0 Å². The van der Waals surface area contributed by atoms with Gasteiger partial charge < -0.3 is 15.7 Å². The van der Waals surface area contributed by atoms with E-state index in [1.165, 1.54) is 0 Å². The van der Waals surface area contributed by atoms with Gasteiger partial charge in [-0.25, -0.2) is 0 Å². The van der Waals surface area contributed by atoms with Crippen molar-refractivity contribution in [2.75, 3.05) is 20.1 Å². The summed E-state index contributed by atoms with van der Waals surface area (Å²) in [6.07, 6.45) is 1.69. The zero-order chi connectivity index (χ0) is 9.14. The molecule has 4 heteroatoms. The van der Waals surface area contributed by atoms with Gasteiger partial charge in [0.15, 0.2) is 0 Å². The minimum Gasteiger partial charge on any atom is -0.480 e. The van der Waals surface area contributed by atoms with Crippen molar-refractivity contribution >= 4 is 5.97 Å². The third-order valence-electron chi connectivity index (χ3n) is 2.39. The maximum Gasteiger partial charge on any atom is 0.320 e. The van der Waals surface area contributed by atoms with E-state index in [0.29, 0.717) is 12.3 Å². The summed E-state index contributed by atoms with van der Waals surface area (Å²) in [6, 6.07) is -0.679. The normalized spacial score (nSPS) is 27.3. The molecular formula is C8H16N2O2. The topological polar surface area (TPSA) is 66.6 Å². The van der Waals surface area contributed by atoms with Crippen LogP contribution in [0.15, 0.2) is 0 Å². The maximum atomic E-state index is 10.4. The molecule has 1 rings (SSSR count). The van der Waals surface area contributed by atoms with Crippen LogP contribution < -0.4 is 5.73 Å². The first-order valence-corrected chi connectivity index (χ1v) is 4.26. The Labute approximate surface area is 72.3 Å². The zero-order valence-electron chi connectivity index (χ0n) is 7.36. The second-order valence-electron chi connectivity index (χ2n) is 3.60. The highest BCUT2D eigenvalue weighted by atomic mass is 16.4. The highest BCUT2D eigenvalue weighted by Gasteiger charge is 2.24. The van der Waals surface area contributed by atoms with Crippen LogP contribution in [0.25, 0.3) is 0 Å². The summed E-state index contributed by atoms with van der Waals surface area (Å²) in [4.78, 5) is 12.6. The fourth-order valence-corrected chi connectivity index (χ4v) is 1.68. The van der Waals surface area contributed by atoms with Crippen molar-refractivity contribution < 1.29 is 9.90 Å². The fourth-order valence-electron chi connectivity index (χ4n) is 1.68. The minimum atomic E-state index is -0.885. The lowest BCUT2D eigenvalue weighted by Crippen LogP contribution is -2.32. The number of carbonyl (C=O) groups is 1. The molecule has 0 bridgehead atoms. The van der Waals surface area contributed by atoms with E-state index in [2.05, 4.69) is 4.90 Å². The molecule has 1 heterocycles. The Kier molecular flexibility index (Phi) is 3.05. The first kappa shape index (κ1) is 9.48. The predicted molar refractivity (Wildman–Crippen MR) is 45.8 cm³/mol. The van der Waals surface area contributed by atoms with Gasteiger partial charge in [0.25, 0.3) is 0 Å². The molecule has 1 unspecified atom stereocenters. The SMILES string of the molecule is CN1CCC(C[C@H](N)C(=O)O)C1. The lowest BCUT2D eigenvalue weighted by Gasteiger charge is -2.12. The molecule has 0 aromatic carbocycles. The van der Waals surface area contributed by atoms with E-state index < -0.39 is 12.0 Å². The van der Waals surface area contributed by atoms with Crippen molar-refractivity contribution in [3.8, 4) is 0 Å². The van der Waals surface area contributed by atoms with Crippen LogP contribution in [0.4, 0.5) is 0 Å². The van der Waals surface area contributed by atoms with Crippen molar-refractivity contribution in [2.24, 2.45) is 11.7 Å². The number of aliphatic carboxylic acids is 1. The molecule has 1 aliphatic heterocycles. The van der Waals surface area contributed by atoms with Crippen LogP contribution in [0.5, 0.6) is 0 Å². The molecule has 0 amide bonds. The molecule has 0 aromatic rings. The van der Waals surface area contributed by atoms with E-state index in [0.717, 1.165) is 19.5 Å². The van der Waals surface area contributed by atoms with Gasteiger partial charge in [-0.05, 0) is 32.4 Å². The van der Waals surface area contributed by atoms with E-state index >= 15 is 0 Å². The summed E-state index contributed by atoms with van der Waals surface area (Å²) < 4.78 is 0. The molecule has 0 spiro atoms. The van der Waals surface area contributed by atoms with Gasteiger partial charge in [0, 0.05) is 6.54 Å². The Morgan fingerprint density at radius 2 is 2.50 bits per heavy atom. The summed E-state index contributed by atoms with van der Waals surface area (Å²) in [7, 11) is 2.05. The average molecular weight is 172 g/mol. The largest absolute Gasteiger partial charge is 0.480 e. The lowest BCUT2D eigenvalue weighted by molar-refractivity contribution is -0.138. The van der Waals surface area contributed by atoms with Crippen LogP contribution in [0.2, 0.25) is 0 Å². The van der Waals surface area contributed by atoms with Gasteiger partial charge in [-0.1, -0.05) is 0 Å². The summed E-state index contributed by atoms with van der Waals surface area (Å²) in [5.74, 6) is -0.411. The maximum absolute atomic E-state index is 10.4. The van der Waals surface area contributed by atoms with Crippen molar-refractivity contribution in [3.05, 3.63) is 0 Å². The van der Waals surface area contributed by atoms with Crippen molar-refractivity contribution in [2.45, 2.75) is 18.9 Å². The monoisotopic (exact) mass is 172 g/mol. The summed E-state index contributed by atoms with van der Waals surface area (Å²) in [5.41, 5.74) is 5.42. The first-order valence-electron chi connectivity index (χ1n) is 4.26. The molecule has 1 saturated heterocycles. The molecule has 0 radical (unpaired) electrons. The molecule has 1 aliphatic rings. The molecule has 0 saturated carbocycles. The molecule has 1 fully saturated rings. The van der Waals surface area contributed by atoms with Crippen LogP contribution in [0.3, 0.4) is 0 Å². The van der Waals surface area contributed by atoms with E-state index in [9.17, 15) is 4.79 Å². The van der Waals surface area contributed by atoms with E-state index in [1.807, 2.05) is 7.05 Å². The molecular weight excluding hydrogens is 156 g/mol. The first-order chi connectivity index (χ1) is 5.59. The number of carboxylic acids is 1. The number of likely N-dealkylation sites (tertiary alicyclic amines) is 1. The molecule has 2 atom stereocenters. The number of carboxylic acid groups (broad SMARTS) is 1. The number of nitrogens with zero attached hydrogens (tertiary/aromatic N) is 1. The third-order valence-corrected chi connectivity index (χ3v) is 2.39. The number of rotatable bonds is 3. The Morgan fingerprint density at radius 1 is 1.83 bits per heavy atom. The van der Waals surface area contributed by atoms with E-state index in [-0.39, 0.29) is 0 Å². The third kappa shape index (κ3) is 2.46. The van der Waals surface area contributed by atoms with E-state index in [4.69, 9.17) is 10.8 Å². The predicted octanol–water partition coefficient (Wildman–Crippen LogP) is -0.260. The Morgan fingerprint density at radius 3 is 2.92 bits per heavy atom. The lowest BCUT2D eigenvalue weighted by atomic mass is 10.00. The fraction of sp³-hybridized carbons (Fsp3) is 0.875. The van der Waals surface area contributed by atoms with Gasteiger partial charge in [0.05, 0.1) is 0 Å². The van der Waals surface area contributed by atoms with Crippen molar-refractivity contribution in [1.82, 2.24) is 4.90 Å². The molecule has 70 valence electrons. The van der Waals surface area contributed by atoms with Crippen LogP contribution >= 0.6 is 0 Å². The number of hydrogen-bond acceptors (Lipinski definition) is 3. The van der Waals surface area contributed by atoms with Gasteiger partial charge in [-0.2, -0.15) is 0 Å². The number of nitrogens with two attached hydrogens (primary N) is 1. The van der Waals surface area contributed by atoms with E-state index in [1.54, 1.807) is 0 Å². The number of hydrogen-bond donors (Lipinski definition) is 2. The summed E-state index contributed by atoms with van der Waals surface area (Å²) in [5, 5.41) is 8.57. The molecule has 12 heavy (non-hydrogen) atoms. The second-order valence-corrected chi connectivity index (χ2v) is 3.60.